The number of rotatable bonds is 6. The van der Waals surface area contributed by atoms with Gasteiger partial charge in [0, 0.05) is 25.0 Å². The van der Waals surface area contributed by atoms with Crippen LogP contribution in [0.2, 0.25) is 0 Å². The maximum Gasteiger partial charge on any atom is 0.242 e. The van der Waals surface area contributed by atoms with E-state index in [1.165, 1.54) is 0 Å². The van der Waals surface area contributed by atoms with E-state index in [9.17, 15) is 13.2 Å². The van der Waals surface area contributed by atoms with Gasteiger partial charge in [0.1, 0.15) is 0 Å². The van der Waals surface area contributed by atoms with Crippen LogP contribution < -0.4 is 5.32 Å². The van der Waals surface area contributed by atoms with Crippen LogP contribution in [0.3, 0.4) is 0 Å². The molecule has 6 nitrogen and oxygen atoms in total. The summed E-state index contributed by atoms with van der Waals surface area (Å²) in [4.78, 5) is 17.4. The molecule has 0 unspecified atom stereocenters. The molecular formula is C20H27N3O3S. The van der Waals surface area contributed by atoms with Crippen LogP contribution in [-0.4, -0.2) is 34.7 Å². The number of benzene rings is 1. The third-order valence-electron chi connectivity index (χ3n) is 5.55. The molecule has 0 saturated heterocycles. The van der Waals surface area contributed by atoms with Gasteiger partial charge in [0.15, 0.2) is 14.6 Å². The highest BCUT2D eigenvalue weighted by molar-refractivity contribution is 7.93. The smallest absolute Gasteiger partial charge is 0.242 e. The van der Waals surface area contributed by atoms with Crippen molar-refractivity contribution in [2.45, 2.75) is 68.7 Å². The fourth-order valence-electron chi connectivity index (χ4n) is 3.78. The second-order valence-electron chi connectivity index (χ2n) is 7.58. The predicted octanol–water partition coefficient (Wildman–Crippen LogP) is 2.79. The Morgan fingerprint density at radius 1 is 1.26 bits per heavy atom. The van der Waals surface area contributed by atoms with Crippen molar-refractivity contribution >= 4 is 15.7 Å². The fraction of sp³-hybridized carbons (Fsp3) is 0.500. The molecule has 7 heteroatoms. The van der Waals surface area contributed by atoms with Gasteiger partial charge in [0.2, 0.25) is 5.91 Å². The third-order valence-corrected chi connectivity index (χ3v) is 8.05. The number of nitrogens with one attached hydrogen (secondary N) is 1. The average Bonchev–Trinajstić information content (AvgIpc) is 3.29. The molecule has 1 N–H and O–H groups in total. The Bertz CT molecular complexity index is 914. The van der Waals surface area contributed by atoms with Crippen LogP contribution in [-0.2, 0) is 21.2 Å². The SMILES string of the molecule is Cc1ccc(S(=O)(=O)C2(C(=O)N[C@H](C)Cn3ccnc3)CCCC2)cc1C. The second-order valence-corrected chi connectivity index (χ2v) is 9.84. The molecule has 2 aromatic rings. The van der Waals surface area contributed by atoms with Gasteiger partial charge in [-0.2, -0.15) is 0 Å². The van der Waals surface area contributed by atoms with Crippen LogP contribution >= 0.6 is 0 Å². The van der Waals surface area contributed by atoms with Crippen LogP contribution in [0.15, 0.2) is 41.8 Å². The quantitative estimate of drug-likeness (QED) is 0.824. The van der Waals surface area contributed by atoms with E-state index in [0.717, 1.165) is 24.0 Å². The molecule has 0 bridgehead atoms. The number of hydrogen-bond acceptors (Lipinski definition) is 4. The fourth-order valence-corrected chi connectivity index (χ4v) is 5.94. The maximum atomic E-state index is 13.5. The zero-order valence-corrected chi connectivity index (χ0v) is 16.9. The summed E-state index contributed by atoms with van der Waals surface area (Å²) in [6.07, 6.45) is 7.40. The Hall–Kier alpha value is -2.15. The lowest BCUT2D eigenvalue weighted by molar-refractivity contribution is -0.124. The topological polar surface area (TPSA) is 81.1 Å². The molecule has 1 aliphatic carbocycles. The van der Waals surface area contributed by atoms with E-state index in [0.29, 0.717) is 19.4 Å². The van der Waals surface area contributed by atoms with Gasteiger partial charge in [-0.1, -0.05) is 18.9 Å². The van der Waals surface area contributed by atoms with Gasteiger partial charge < -0.3 is 9.88 Å². The first-order valence-electron chi connectivity index (χ1n) is 9.35. The van der Waals surface area contributed by atoms with E-state index in [4.69, 9.17) is 0 Å². The van der Waals surface area contributed by atoms with Crippen LogP contribution in [0, 0.1) is 13.8 Å². The molecule has 1 atom stereocenters. The van der Waals surface area contributed by atoms with Gasteiger partial charge in [-0.3, -0.25) is 4.79 Å². The van der Waals surface area contributed by atoms with E-state index in [1.807, 2.05) is 37.6 Å². The molecule has 1 aromatic carbocycles. The zero-order valence-electron chi connectivity index (χ0n) is 16.1. The summed E-state index contributed by atoms with van der Waals surface area (Å²) >= 11 is 0. The number of hydrogen-bond donors (Lipinski definition) is 1. The number of aryl methyl sites for hydroxylation is 2. The number of aromatic nitrogens is 2. The van der Waals surface area contributed by atoms with Crippen molar-refractivity contribution in [3.63, 3.8) is 0 Å². The van der Waals surface area contributed by atoms with Gasteiger partial charge in [-0.05, 0) is 56.9 Å². The monoisotopic (exact) mass is 389 g/mol. The molecule has 1 aliphatic rings. The lowest BCUT2D eigenvalue weighted by atomic mass is 10.1. The number of nitrogens with zero attached hydrogens (tertiary/aromatic N) is 2. The van der Waals surface area contributed by atoms with Crippen molar-refractivity contribution in [2.75, 3.05) is 0 Å². The molecule has 1 amide bonds. The predicted molar refractivity (Wildman–Crippen MR) is 104 cm³/mol. The molecule has 0 spiro atoms. The molecule has 1 fully saturated rings. The standard InChI is InChI=1S/C20H27N3O3S/c1-15-6-7-18(12-16(15)2)27(25,26)20(8-4-5-9-20)19(24)22-17(3)13-23-11-10-21-14-23/h6-7,10-12,14,17H,4-5,8-9,13H2,1-3H3,(H,22,24)/t17-/m1/s1. The Morgan fingerprint density at radius 3 is 2.56 bits per heavy atom. The molecule has 146 valence electrons. The van der Waals surface area contributed by atoms with Crippen molar-refractivity contribution in [2.24, 2.45) is 0 Å². The summed E-state index contributed by atoms with van der Waals surface area (Å²) in [5, 5.41) is 2.94. The van der Waals surface area contributed by atoms with E-state index in [-0.39, 0.29) is 16.8 Å². The van der Waals surface area contributed by atoms with Gasteiger partial charge >= 0.3 is 0 Å². The van der Waals surface area contributed by atoms with E-state index in [1.54, 1.807) is 24.7 Å². The largest absolute Gasteiger partial charge is 0.350 e. The normalized spacial score (nSPS) is 17.6. The Labute approximate surface area is 160 Å². The molecular weight excluding hydrogens is 362 g/mol. The van der Waals surface area contributed by atoms with E-state index in [2.05, 4.69) is 10.3 Å². The van der Waals surface area contributed by atoms with Crippen LogP contribution in [0.25, 0.3) is 0 Å². The van der Waals surface area contributed by atoms with Crippen molar-refractivity contribution in [3.8, 4) is 0 Å². The minimum Gasteiger partial charge on any atom is -0.350 e. The molecule has 0 aliphatic heterocycles. The number of carbonyl (C=O) groups excluding carboxylic acids is 1. The van der Waals surface area contributed by atoms with Crippen molar-refractivity contribution in [1.29, 1.82) is 0 Å². The summed E-state index contributed by atoms with van der Waals surface area (Å²) in [5.41, 5.74) is 1.95. The molecule has 27 heavy (non-hydrogen) atoms. The van der Waals surface area contributed by atoms with Crippen LogP contribution in [0.1, 0.15) is 43.7 Å². The van der Waals surface area contributed by atoms with Crippen molar-refractivity contribution in [3.05, 3.63) is 48.0 Å². The van der Waals surface area contributed by atoms with Gasteiger partial charge in [0.05, 0.1) is 11.2 Å². The van der Waals surface area contributed by atoms with Gasteiger partial charge in [0.25, 0.3) is 0 Å². The van der Waals surface area contributed by atoms with E-state index < -0.39 is 14.6 Å². The number of carbonyl (C=O) groups is 1. The molecule has 1 heterocycles. The second kappa shape index (κ2) is 7.46. The first-order valence-corrected chi connectivity index (χ1v) is 10.8. The minimum absolute atomic E-state index is 0.195. The van der Waals surface area contributed by atoms with Crippen LogP contribution in [0.4, 0.5) is 0 Å². The lowest BCUT2D eigenvalue weighted by Gasteiger charge is -2.29. The molecule has 3 rings (SSSR count). The third kappa shape index (κ3) is 3.65. The van der Waals surface area contributed by atoms with Gasteiger partial charge in [-0.25, -0.2) is 13.4 Å². The Kier molecular flexibility index (Phi) is 5.42. The van der Waals surface area contributed by atoms with Crippen LogP contribution in [0.5, 0.6) is 0 Å². The van der Waals surface area contributed by atoms with E-state index >= 15 is 0 Å². The Morgan fingerprint density at radius 2 is 1.96 bits per heavy atom. The summed E-state index contributed by atoms with van der Waals surface area (Å²) in [5.74, 6) is -0.383. The molecule has 1 aromatic heterocycles. The summed E-state index contributed by atoms with van der Waals surface area (Å²) in [7, 11) is -3.78. The zero-order chi connectivity index (χ0) is 19.7. The average molecular weight is 390 g/mol. The Balaban J connectivity index is 1.88. The summed E-state index contributed by atoms with van der Waals surface area (Å²) < 4.78 is 27.5. The highest BCUT2D eigenvalue weighted by Gasteiger charge is 2.53. The van der Waals surface area contributed by atoms with Crippen molar-refractivity contribution in [1.82, 2.24) is 14.9 Å². The van der Waals surface area contributed by atoms with Gasteiger partial charge in [-0.15, -0.1) is 0 Å². The minimum atomic E-state index is -3.78. The lowest BCUT2D eigenvalue weighted by Crippen LogP contribution is -2.53. The van der Waals surface area contributed by atoms with Crippen molar-refractivity contribution < 1.29 is 13.2 Å². The number of imidazole rings is 1. The molecule has 0 radical (unpaired) electrons. The maximum absolute atomic E-state index is 13.5. The number of amides is 1. The summed E-state index contributed by atoms with van der Waals surface area (Å²) in [6.45, 7) is 6.26. The highest BCUT2D eigenvalue weighted by Crippen LogP contribution is 2.41. The first kappa shape index (κ1) is 19.6. The summed E-state index contributed by atoms with van der Waals surface area (Å²) in [6, 6.07) is 4.93. The number of sulfone groups is 1. The molecule has 1 saturated carbocycles. The first-order chi connectivity index (χ1) is 12.8. The highest BCUT2D eigenvalue weighted by atomic mass is 32.2.